The Morgan fingerprint density at radius 1 is 1.18 bits per heavy atom. The first-order chi connectivity index (χ1) is 15.8. The molecule has 0 unspecified atom stereocenters. The Balaban J connectivity index is 1.42. The van der Waals surface area contributed by atoms with Crippen LogP contribution in [0.5, 0.6) is 0 Å². The van der Waals surface area contributed by atoms with Crippen LogP contribution in [-0.4, -0.2) is 64.4 Å². The maximum atomic E-state index is 13.6. The maximum absolute atomic E-state index is 13.6. The molecule has 3 fully saturated rings. The van der Waals surface area contributed by atoms with E-state index in [-0.39, 0.29) is 30.5 Å². The van der Waals surface area contributed by atoms with Gasteiger partial charge in [-0.25, -0.2) is 13.9 Å². The zero-order valence-electron chi connectivity index (χ0n) is 19.2. The molecule has 33 heavy (non-hydrogen) atoms. The summed E-state index contributed by atoms with van der Waals surface area (Å²) in [5, 5.41) is 0. The number of methoxy groups -OCH3 is 1. The molecule has 0 bridgehead atoms. The van der Waals surface area contributed by atoms with Crippen molar-refractivity contribution in [3.8, 4) is 0 Å². The predicted molar refractivity (Wildman–Crippen MR) is 121 cm³/mol. The molecule has 0 radical (unpaired) electrons. The fraction of sp³-hybridized carbons (Fsp3) is 0.696. The summed E-state index contributed by atoms with van der Waals surface area (Å²) in [7, 11) is -0.965. The molecule has 3 aliphatic rings. The molecule has 1 aromatic carbocycles. The van der Waals surface area contributed by atoms with E-state index >= 15 is 0 Å². The van der Waals surface area contributed by atoms with Gasteiger partial charge in [0.25, 0.3) is 10.2 Å². The standard InChI is InChI=1S/C23H34FN3O5S/c1-25-33(29,30)26-22-19-7-4-8-20(19)27(23(28)31-2)21(22)14-32-18-11-9-15(10-12-18)16-5-3-6-17(24)13-16/h3,5-6,13,15,18-22,25-26H,4,7-12,14H2,1-2H3/t15-,18+,19-,20+,21-,22-/m0/s1. The fourth-order valence-corrected chi connectivity index (χ4v) is 6.77. The molecule has 10 heteroatoms. The Kier molecular flexibility index (Phi) is 7.57. The zero-order chi connectivity index (χ0) is 23.6. The van der Waals surface area contributed by atoms with Gasteiger partial charge in [0.1, 0.15) is 5.82 Å². The molecule has 1 aromatic rings. The molecule has 1 heterocycles. The fourth-order valence-electron chi connectivity index (χ4n) is 5.96. The summed E-state index contributed by atoms with van der Waals surface area (Å²) in [6.07, 6.45) is 5.69. The van der Waals surface area contributed by atoms with Crippen LogP contribution < -0.4 is 9.44 Å². The van der Waals surface area contributed by atoms with Gasteiger partial charge in [-0.15, -0.1) is 0 Å². The smallest absolute Gasteiger partial charge is 0.410 e. The van der Waals surface area contributed by atoms with Crippen molar-refractivity contribution in [1.29, 1.82) is 0 Å². The molecule has 1 amide bonds. The lowest BCUT2D eigenvalue weighted by Crippen LogP contribution is -2.53. The Morgan fingerprint density at radius 2 is 1.94 bits per heavy atom. The lowest BCUT2D eigenvalue weighted by Gasteiger charge is -2.33. The van der Waals surface area contributed by atoms with Gasteiger partial charge in [0.15, 0.2) is 0 Å². The molecule has 0 spiro atoms. The molecule has 2 N–H and O–H groups in total. The normalized spacial score (nSPS) is 32.0. The van der Waals surface area contributed by atoms with E-state index in [0.29, 0.717) is 5.92 Å². The highest BCUT2D eigenvalue weighted by atomic mass is 32.2. The monoisotopic (exact) mass is 483 g/mol. The number of hydrogen-bond acceptors (Lipinski definition) is 5. The number of nitrogens with zero attached hydrogens (tertiary/aromatic N) is 1. The summed E-state index contributed by atoms with van der Waals surface area (Å²) in [5.74, 6) is 0.133. The van der Waals surface area contributed by atoms with Crippen molar-refractivity contribution in [3.63, 3.8) is 0 Å². The summed E-state index contributed by atoms with van der Waals surface area (Å²) in [6.45, 7) is 0.244. The Morgan fingerprint density at radius 3 is 2.61 bits per heavy atom. The van der Waals surface area contributed by atoms with E-state index in [0.717, 1.165) is 50.5 Å². The number of nitrogens with one attached hydrogen (secondary N) is 2. The first-order valence-corrected chi connectivity index (χ1v) is 13.3. The number of hydrogen-bond donors (Lipinski definition) is 2. The molecular weight excluding hydrogens is 449 g/mol. The van der Waals surface area contributed by atoms with E-state index in [2.05, 4.69) is 9.44 Å². The van der Waals surface area contributed by atoms with Crippen molar-refractivity contribution in [2.75, 3.05) is 20.8 Å². The highest BCUT2D eigenvalue weighted by molar-refractivity contribution is 7.87. The molecule has 8 nitrogen and oxygen atoms in total. The first kappa shape index (κ1) is 24.4. The van der Waals surface area contributed by atoms with E-state index in [9.17, 15) is 17.6 Å². The molecular formula is C23H34FN3O5S. The van der Waals surface area contributed by atoms with Crippen molar-refractivity contribution < 1.29 is 27.1 Å². The highest BCUT2D eigenvalue weighted by Crippen LogP contribution is 2.42. The van der Waals surface area contributed by atoms with Crippen LogP contribution in [0.1, 0.15) is 56.4 Å². The molecule has 2 aliphatic carbocycles. The summed E-state index contributed by atoms with van der Waals surface area (Å²) in [4.78, 5) is 14.3. The number of rotatable bonds is 7. The van der Waals surface area contributed by atoms with Gasteiger partial charge in [-0.05, 0) is 68.1 Å². The summed E-state index contributed by atoms with van der Waals surface area (Å²) < 4.78 is 54.6. The van der Waals surface area contributed by atoms with Crippen LogP contribution in [0.2, 0.25) is 0 Å². The number of amides is 1. The summed E-state index contributed by atoms with van der Waals surface area (Å²) in [6, 6.07) is 5.86. The van der Waals surface area contributed by atoms with Crippen LogP contribution in [-0.2, 0) is 19.7 Å². The molecule has 1 saturated heterocycles. The lowest BCUT2D eigenvalue weighted by atomic mass is 9.82. The molecule has 4 atom stereocenters. The van der Waals surface area contributed by atoms with Gasteiger partial charge in [-0.2, -0.15) is 13.1 Å². The zero-order valence-corrected chi connectivity index (χ0v) is 20.0. The van der Waals surface area contributed by atoms with Gasteiger partial charge in [-0.3, -0.25) is 4.90 Å². The van der Waals surface area contributed by atoms with Crippen LogP contribution in [0.4, 0.5) is 9.18 Å². The number of carbonyl (C=O) groups excluding carboxylic acids is 1. The van der Waals surface area contributed by atoms with Crippen molar-refractivity contribution in [1.82, 2.24) is 14.3 Å². The van der Waals surface area contributed by atoms with Gasteiger partial charge < -0.3 is 9.47 Å². The maximum Gasteiger partial charge on any atom is 0.410 e. The third kappa shape index (κ3) is 5.34. The lowest BCUT2D eigenvalue weighted by molar-refractivity contribution is -0.00978. The van der Waals surface area contributed by atoms with E-state index in [1.165, 1.54) is 20.2 Å². The SMILES string of the molecule is CNS(=O)(=O)N[C@H]1[C@H]2CCC[C@H]2N(C(=O)OC)[C@H]1CO[C@H]1CC[C@@H](c2cccc(F)c2)CC1. The van der Waals surface area contributed by atoms with Crippen molar-refractivity contribution in [2.45, 2.75) is 75.1 Å². The molecule has 4 rings (SSSR count). The van der Waals surface area contributed by atoms with Gasteiger partial charge in [0.05, 0.1) is 31.9 Å². The van der Waals surface area contributed by atoms with Crippen LogP contribution in [0.15, 0.2) is 24.3 Å². The quantitative estimate of drug-likeness (QED) is 0.622. The van der Waals surface area contributed by atoms with E-state index in [1.807, 2.05) is 6.07 Å². The largest absolute Gasteiger partial charge is 0.453 e. The van der Waals surface area contributed by atoms with Crippen molar-refractivity contribution in [3.05, 3.63) is 35.6 Å². The van der Waals surface area contributed by atoms with Crippen molar-refractivity contribution in [2.24, 2.45) is 5.92 Å². The number of ether oxygens (including phenoxy) is 2. The second kappa shape index (κ2) is 10.2. The molecule has 1 aliphatic heterocycles. The number of benzene rings is 1. The third-order valence-corrected chi connectivity index (χ3v) is 8.68. The minimum Gasteiger partial charge on any atom is -0.453 e. The Hall–Kier alpha value is -1.75. The Labute approximate surface area is 195 Å². The van der Waals surface area contributed by atoms with Crippen LogP contribution >= 0.6 is 0 Å². The second-order valence-corrected chi connectivity index (χ2v) is 11.0. The molecule has 2 saturated carbocycles. The topological polar surface area (TPSA) is 97.0 Å². The minimum atomic E-state index is -3.68. The highest BCUT2D eigenvalue weighted by Gasteiger charge is 2.54. The average Bonchev–Trinajstić information content (AvgIpc) is 3.39. The van der Waals surface area contributed by atoms with E-state index in [1.54, 1.807) is 17.0 Å². The van der Waals surface area contributed by atoms with Crippen LogP contribution in [0, 0.1) is 11.7 Å². The minimum absolute atomic E-state index is 0.0244. The summed E-state index contributed by atoms with van der Waals surface area (Å²) >= 11 is 0. The number of fused-ring (bicyclic) bond motifs is 1. The molecule has 184 valence electrons. The average molecular weight is 484 g/mol. The second-order valence-electron chi connectivity index (χ2n) is 9.32. The van der Waals surface area contributed by atoms with E-state index < -0.39 is 28.4 Å². The van der Waals surface area contributed by atoms with Crippen LogP contribution in [0.25, 0.3) is 0 Å². The van der Waals surface area contributed by atoms with E-state index in [4.69, 9.17) is 9.47 Å². The van der Waals surface area contributed by atoms with Gasteiger partial charge in [0.2, 0.25) is 0 Å². The third-order valence-electron chi connectivity index (χ3n) is 7.56. The first-order valence-electron chi connectivity index (χ1n) is 11.8. The number of likely N-dealkylation sites (tertiary alicyclic amines) is 1. The van der Waals surface area contributed by atoms with Gasteiger partial charge >= 0.3 is 6.09 Å². The Bertz CT molecular complexity index is 938. The molecule has 0 aromatic heterocycles. The number of carbonyl (C=O) groups is 1. The number of halogens is 1. The predicted octanol–water partition coefficient (Wildman–Crippen LogP) is 2.91. The van der Waals surface area contributed by atoms with Crippen molar-refractivity contribution >= 4 is 16.3 Å². The summed E-state index contributed by atoms with van der Waals surface area (Å²) in [5.41, 5.74) is 1.02. The van der Waals surface area contributed by atoms with Gasteiger partial charge in [0, 0.05) is 13.1 Å². The van der Waals surface area contributed by atoms with Crippen LogP contribution in [0.3, 0.4) is 0 Å². The van der Waals surface area contributed by atoms with Gasteiger partial charge in [-0.1, -0.05) is 18.6 Å².